The van der Waals surface area contributed by atoms with Crippen molar-refractivity contribution in [1.29, 1.82) is 0 Å². The summed E-state index contributed by atoms with van der Waals surface area (Å²) in [7, 11) is 1.62. The van der Waals surface area contributed by atoms with Crippen molar-refractivity contribution >= 4 is 11.8 Å². The zero-order chi connectivity index (χ0) is 16.8. The third-order valence-electron chi connectivity index (χ3n) is 3.02. The molecule has 0 aliphatic heterocycles. The number of anilines is 1. The molecule has 2 atom stereocenters. The third-order valence-corrected chi connectivity index (χ3v) is 3.02. The van der Waals surface area contributed by atoms with Crippen LogP contribution in [0.15, 0.2) is 24.3 Å². The monoisotopic (exact) mass is 309 g/mol. The summed E-state index contributed by atoms with van der Waals surface area (Å²) in [6, 6.07) is 7.24. The highest BCUT2D eigenvalue weighted by Crippen LogP contribution is 2.18. The Morgan fingerprint density at radius 3 is 2.59 bits per heavy atom. The molecule has 0 heterocycles. The largest absolute Gasteiger partial charge is 0.497 e. The number of rotatable bonds is 6. The number of benzene rings is 1. The maximum Gasteiger partial charge on any atom is 0.407 e. The van der Waals surface area contributed by atoms with E-state index in [-0.39, 0.29) is 12.1 Å². The zero-order valence-electron chi connectivity index (χ0n) is 14.0. The fourth-order valence-electron chi connectivity index (χ4n) is 1.91. The summed E-state index contributed by atoms with van der Waals surface area (Å²) in [5, 5.41) is 6.10. The topological polar surface area (TPSA) is 85.6 Å². The van der Waals surface area contributed by atoms with Crippen LogP contribution in [0.3, 0.4) is 0 Å². The van der Waals surface area contributed by atoms with Gasteiger partial charge in [-0.25, -0.2) is 4.79 Å². The minimum Gasteiger partial charge on any atom is -0.497 e. The minimum atomic E-state index is -0.526. The molecule has 0 fully saturated rings. The van der Waals surface area contributed by atoms with Crippen LogP contribution in [0.4, 0.5) is 10.5 Å². The first kappa shape index (κ1) is 18.1. The number of nitrogens with two attached hydrogens (primary N) is 1. The van der Waals surface area contributed by atoms with Gasteiger partial charge in [-0.15, -0.1) is 0 Å². The van der Waals surface area contributed by atoms with Crippen LogP contribution in [0.25, 0.3) is 0 Å². The quantitative estimate of drug-likeness (QED) is 0.751. The number of carbonyl (C=O) groups excluding carboxylic acids is 1. The predicted octanol–water partition coefficient (Wildman–Crippen LogP) is 2.35. The summed E-state index contributed by atoms with van der Waals surface area (Å²) < 4.78 is 10.4. The van der Waals surface area contributed by atoms with Crippen LogP contribution in [0.1, 0.15) is 27.7 Å². The van der Waals surface area contributed by atoms with Gasteiger partial charge in [0.05, 0.1) is 19.2 Å². The molecule has 1 aromatic carbocycles. The van der Waals surface area contributed by atoms with Crippen molar-refractivity contribution in [3.05, 3.63) is 24.3 Å². The van der Waals surface area contributed by atoms with Crippen molar-refractivity contribution in [2.75, 3.05) is 19.0 Å². The van der Waals surface area contributed by atoms with E-state index in [0.717, 1.165) is 11.4 Å². The van der Waals surface area contributed by atoms with E-state index in [1.807, 2.05) is 52.0 Å². The van der Waals surface area contributed by atoms with Gasteiger partial charge in [0, 0.05) is 18.3 Å². The average Bonchev–Trinajstić information content (AvgIpc) is 2.42. The summed E-state index contributed by atoms with van der Waals surface area (Å²) in [5.41, 5.74) is 6.17. The van der Waals surface area contributed by atoms with Gasteiger partial charge in [0.1, 0.15) is 11.4 Å². The van der Waals surface area contributed by atoms with Gasteiger partial charge in [0.25, 0.3) is 0 Å². The standard InChI is InChI=1S/C16H27N3O3/c1-11(18-15(20)22-16(2,3)4)14(10-17)19-12-7-6-8-13(9-12)21-5/h6-9,11,14,19H,10,17H2,1-5H3,(H,18,20). The highest BCUT2D eigenvalue weighted by molar-refractivity contribution is 5.68. The fraction of sp³-hybridized carbons (Fsp3) is 0.562. The van der Waals surface area contributed by atoms with Crippen LogP contribution >= 0.6 is 0 Å². The summed E-state index contributed by atoms with van der Waals surface area (Å²) >= 11 is 0. The second-order valence-corrected chi connectivity index (χ2v) is 6.15. The molecular weight excluding hydrogens is 282 g/mol. The maximum atomic E-state index is 11.8. The lowest BCUT2D eigenvalue weighted by atomic mass is 10.1. The lowest BCUT2D eigenvalue weighted by molar-refractivity contribution is 0.0504. The number of ether oxygens (including phenoxy) is 2. The van der Waals surface area contributed by atoms with Crippen LogP contribution in [0.5, 0.6) is 5.75 Å². The highest BCUT2D eigenvalue weighted by atomic mass is 16.6. The van der Waals surface area contributed by atoms with Crippen LogP contribution < -0.4 is 21.1 Å². The molecule has 0 aliphatic rings. The van der Waals surface area contributed by atoms with Gasteiger partial charge in [0.2, 0.25) is 0 Å². The van der Waals surface area contributed by atoms with E-state index in [1.54, 1.807) is 7.11 Å². The summed E-state index contributed by atoms with van der Waals surface area (Å²) in [4.78, 5) is 11.8. The number of carbonyl (C=O) groups is 1. The molecule has 6 nitrogen and oxygen atoms in total. The van der Waals surface area contributed by atoms with Gasteiger partial charge in [-0.1, -0.05) is 6.07 Å². The molecule has 0 saturated carbocycles. The van der Waals surface area contributed by atoms with Crippen LogP contribution in [-0.2, 0) is 4.74 Å². The van der Waals surface area contributed by atoms with Gasteiger partial charge in [-0.2, -0.15) is 0 Å². The lowest BCUT2D eigenvalue weighted by Gasteiger charge is -2.27. The second-order valence-electron chi connectivity index (χ2n) is 6.15. The molecule has 2 unspecified atom stereocenters. The Hall–Kier alpha value is -1.95. The number of hydrogen-bond acceptors (Lipinski definition) is 5. The summed E-state index contributed by atoms with van der Waals surface area (Å²) in [6.45, 7) is 7.73. The molecule has 0 aromatic heterocycles. The van der Waals surface area contributed by atoms with Crippen molar-refractivity contribution in [3.63, 3.8) is 0 Å². The molecule has 1 amide bonds. The zero-order valence-corrected chi connectivity index (χ0v) is 14.0. The van der Waals surface area contributed by atoms with E-state index < -0.39 is 11.7 Å². The molecular formula is C16H27N3O3. The molecule has 1 rings (SSSR count). The summed E-state index contributed by atoms with van der Waals surface area (Å²) in [5.74, 6) is 0.758. The van der Waals surface area contributed by atoms with Gasteiger partial charge < -0.3 is 25.8 Å². The van der Waals surface area contributed by atoms with Crippen LogP contribution in [-0.4, -0.2) is 37.4 Å². The summed E-state index contributed by atoms with van der Waals surface area (Å²) in [6.07, 6.45) is -0.453. The average molecular weight is 309 g/mol. The fourth-order valence-corrected chi connectivity index (χ4v) is 1.91. The molecule has 1 aromatic rings. The molecule has 0 radical (unpaired) electrons. The van der Waals surface area contributed by atoms with Crippen molar-refractivity contribution in [1.82, 2.24) is 5.32 Å². The van der Waals surface area contributed by atoms with Crippen molar-refractivity contribution in [2.24, 2.45) is 5.73 Å². The van der Waals surface area contributed by atoms with E-state index in [9.17, 15) is 4.79 Å². The lowest BCUT2D eigenvalue weighted by Crippen LogP contribution is -2.49. The molecule has 0 aliphatic carbocycles. The molecule has 6 heteroatoms. The Morgan fingerprint density at radius 1 is 1.36 bits per heavy atom. The van der Waals surface area contributed by atoms with Crippen molar-refractivity contribution in [2.45, 2.75) is 45.4 Å². The Morgan fingerprint density at radius 2 is 2.05 bits per heavy atom. The highest BCUT2D eigenvalue weighted by Gasteiger charge is 2.22. The number of methoxy groups -OCH3 is 1. The minimum absolute atomic E-state index is 0.125. The Balaban J connectivity index is 2.64. The van der Waals surface area contributed by atoms with Crippen molar-refractivity contribution < 1.29 is 14.3 Å². The first-order valence-electron chi connectivity index (χ1n) is 7.35. The van der Waals surface area contributed by atoms with Gasteiger partial charge >= 0.3 is 6.09 Å². The molecule has 0 spiro atoms. The first-order chi connectivity index (χ1) is 10.2. The van der Waals surface area contributed by atoms with E-state index in [1.165, 1.54) is 0 Å². The number of alkyl carbamates (subject to hydrolysis) is 1. The van der Waals surface area contributed by atoms with Crippen LogP contribution in [0, 0.1) is 0 Å². The Labute approximate surface area is 132 Å². The predicted molar refractivity (Wildman–Crippen MR) is 88.3 cm³/mol. The molecule has 4 N–H and O–H groups in total. The SMILES string of the molecule is COc1cccc(NC(CN)C(C)NC(=O)OC(C)(C)C)c1. The first-order valence-corrected chi connectivity index (χ1v) is 7.35. The number of nitrogens with one attached hydrogen (secondary N) is 2. The van der Waals surface area contributed by atoms with E-state index in [4.69, 9.17) is 15.2 Å². The Bertz CT molecular complexity index is 486. The van der Waals surface area contributed by atoms with Crippen LogP contribution in [0.2, 0.25) is 0 Å². The smallest absolute Gasteiger partial charge is 0.407 e. The molecule has 0 bridgehead atoms. The normalized spacial score (nSPS) is 13.9. The van der Waals surface area contributed by atoms with Crippen molar-refractivity contribution in [3.8, 4) is 5.75 Å². The molecule has 22 heavy (non-hydrogen) atoms. The molecule has 0 saturated heterocycles. The maximum absolute atomic E-state index is 11.8. The van der Waals surface area contributed by atoms with E-state index >= 15 is 0 Å². The number of hydrogen-bond donors (Lipinski definition) is 3. The number of amides is 1. The van der Waals surface area contributed by atoms with E-state index in [2.05, 4.69) is 10.6 Å². The Kier molecular flexibility index (Phi) is 6.49. The second kappa shape index (κ2) is 7.89. The van der Waals surface area contributed by atoms with Gasteiger partial charge in [-0.3, -0.25) is 0 Å². The third kappa shape index (κ3) is 6.22. The van der Waals surface area contributed by atoms with Gasteiger partial charge in [-0.05, 0) is 39.8 Å². The molecule has 124 valence electrons. The van der Waals surface area contributed by atoms with E-state index in [0.29, 0.717) is 6.54 Å². The van der Waals surface area contributed by atoms with Gasteiger partial charge in [0.15, 0.2) is 0 Å².